The number of aryl methyl sites for hydroxylation is 1. The Morgan fingerprint density at radius 3 is 2.55 bits per heavy atom. The predicted molar refractivity (Wildman–Crippen MR) is 113 cm³/mol. The van der Waals surface area contributed by atoms with E-state index in [2.05, 4.69) is 10.6 Å². The van der Waals surface area contributed by atoms with Crippen LogP contribution < -0.4 is 15.5 Å². The Morgan fingerprint density at radius 1 is 1.06 bits per heavy atom. The zero-order valence-electron chi connectivity index (χ0n) is 16.7. The normalized spacial score (nSPS) is 15.7. The lowest BCUT2D eigenvalue weighted by Gasteiger charge is -2.17. The van der Waals surface area contributed by atoms with Gasteiger partial charge in [0.05, 0.1) is 12.2 Å². The topological polar surface area (TPSA) is 91.7 Å². The second-order valence-electron chi connectivity index (χ2n) is 7.34. The second-order valence-corrected chi connectivity index (χ2v) is 7.34. The maximum Gasteiger partial charge on any atom is 0.291 e. The molecule has 0 radical (unpaired) electrons. The Hall–Kier alpha value is -3.94. The van der Waals surface area contributed by atoms with Crippen molar-refractivity contribution in [1.82, 2.24) is 0 Å². The van der Waals surface area contributed by atoms with Gasteiger partial charge in [0.25, 0.3) is 5.91 Å². The summed E-state index contributed by atoms with van der Waals surface area (Å²) in [7, 11) is 0. The van der Waals surface area contributed by atoms with Crippen LogP contribution in [-0.2, 0) is 9.59 Å². The van der Waals surface area contributed by atoms with Crippen LogP contribution in [0.5, 0.6) is 0 Å². The molecule has 8 heteroatoms. The molecule has 2 heterocycles. The van der Waals surface area contributed by atoms with E-state index in [4.69, 9.17) is 4.42 Å². The first kappa shape index (κ1) is 20.3. The van der Waals surface area contributed by atoms with Crippen molar-refractivity contribution in [1.29, 1.82) is 0 Å². The van der Waals surface area contributed by atoms with E-state index in [1.807, 2.05) is 0 Å². The number of halogens is 1. The minimum atomic E-state index is -0.571. The van der Waals surface area contributed by atoms with Crippen LogP contribution in [0.4, 0.5) is 21.5 Å². The van der Waals surface area contributed by atoms with Gasteiger partial charge in [-0.15, -0.1) is 0 Å². The summed E-state index contributed by atoms with van der Waals surface area (Å²) < 4.78 is 18.9. The van der Waals surface area contributed by atoms with E-state index < -0.39 is 17.6 Å². The lowest BCUT2D eigenvalue weighted by Crippen LogP contribution is -2.28. The van der Waals surface area contributed by atoms with Gasteiger partial charge in [-0.25, -0.2) is 4.39 Å². The van der Waals surface area contributed by atoms with E-state index in [-0.39, 0.29) is 30.5 Å². The van der Waals surface area contributed by atoms with E-state index in [9.17, 15) is 18.8 Å². The number of hydrogen-bond donors (Lipinski definition) is 2. The number of anilines is 3. The lowest BCUT2D eigenvalue weighted by molar-refractivity contribution is -0.122. The predicted octanol–water partition coefficient (Wildman–Crippen LogP) is 3.97. The van der Waals surface area contributed by atoms with Gasteiger partial charge >= 0.3 is 0 Å². The van der Waals surface area contributed by atoms with Crippen molar-refractivity contribution < 1.29 is 23.2 Å². The van der Waals surface area contributed by atoms with Crippen LogP contribution in [0, 0.1) is 18.7 Å². The number of furan rings is 1. The Labute approximate surface area is 177 Å². The van der Waals surface area contributed by atoms with Crippen LogP contribution in [0.1, 0.15) is 22.5 Å². The molecule has 3 amide bonds. The van der Waals surface area contributed by atoms with Gasteiger partial charge in [0.1, 0.15) is 5.82 Å². The van der Waals surface area contributed by atoms with Gasteiger partial charge in [0.2, 0.25) is 11.8 Å². The molecule has 1 aliphatic rings. The van der Waals surface area contributed by atoms with Gasteiger partial charge in [-0.05, 0) is 55.0 Å². The lowest BCUT2D eigenvalue weighted by atomic mass is 10.1. The van der Waals surface area contributed by atoms with Crippen molar-refractivity contribution in [3.05, 3.63) is 78.0 Å². The molecule has 31 heavy (non-hydrogen) atoms. The molecule has 1 saturated heterocycles. The van der Waals surface area contributed by atoms with Crippen LogP contribution in [0.3, 0.4) is 0 Å². The summed E-state index contributed by atoms with van der Waals surface area (Å²) >= 11 is 0. The number of carbonyl (C=O) groups is 3. The SMILES string of the molecule is Cc1ccc(N2CC(C(=O)Nc3cccc(NC(=O)c4ccco4)c3)CC2=O)cc1F. The van der Waals surface area contributed by atoms with Gasteiger partial charge in [-0.3, -0.25) is 14.4 Å². The van der Waals surface area contributed by atoms with Gasteiger partial charge in [-0.2, -0.15) is 0 Å². The molecule has 7 nitrogen and oxygen atoms in total. The minimum Gasteiger partial charge on any atom is -0.459 e. The maximum absolute atomic E-state index is 13.9. The summed E-state index contributed by atoms with van der Waals surface area (Å²) in [6.45, 7) is 1.81. The molecule has 1 aliphatic heterocycles. The molecule has 0 spiro atoms. The third-order valence-electron chi connectivity index (χ3n) is 5.10. The summed E-state index contributed by atoms with van der Waals surface area (Å²) in [5.41, 5.74) is 1.89. The van der Waals surface area contributed by atoms with E-state index in [1.165, 1.54) is 17.2 Å². The number of hydrogen-bond acceptors (Lipinski definition) is 4. The molecular formula is C23H20FN3O4. The molecule has 0 saturated carbocycles. The molecule has 1 atom stereocenters. The van der Waals surface area contributed by atoms with Crippen molar-refractivity contribution in [2.24, 2.45) is 5.92 Å². The van der Waals surface area contributed by atoms with Gasteiger partial charge in [0, 0.05) is 30.0 Å². The highest BCUT2D eigenvalue weighted by Crippen LogP contribution is 2.27. The summed E-state index contributed by atoms with van der Waals surface area (Å²) in [6.07, 6.45) is 1.44. The van der Waals surface area contributed by atoms with E-state index in [0.29, 0.717) is 22.6 Å². The second kappa shape index (κ2) is 8.43. The maximum atomic E-state index is 13.9. The first-order chi connectivity index (χ1) is 14.9. The molecule has 4 rings (SSSR count). The molecule has 1 fully saturated rings. The van der Waals surface area contributed by atoms with Gasteiger partial charge in [0.15, 0.2) is 5.76 Å². The largest absolute Gasteiger partial charge is 0.459 e. The third kappa shape index (κ3) is 4.48. The Bertz CT molecular complexity index is 1140. The zero-order chi connectivity index (χ0) is 22.0. The van der Waals surface area contributed by atoms with E-state index in [1.54, 1.807) is 55.5 Å². The van der Waals surface area contributed by atoms with Crippen LogP contribution in [0.15, 0.2) is 65.3 Å². The molecular weight excluding hydrogens is 401 g/mol. The molecule has 0 bridgehead atoms. The highest BCUT2D eigenvalue weighted by Gasteiger charge is 2.35. The van der Waals surface area contributed by atoms with Crippen LogP contribution in [-0.4, -0.2) is 24.3 Å². The number of benzene rings is 2. The standard InChI is InChI=1S/C23H20FN3O4/c1-14-7-8-18(12-19(14)24)27-13-15(10-21(27)28)22(29)25-16-4-2-5-17(11-16)26-23(30)20-6-3-9-31-20/h2-9,11-12,15H,10,13H2,1H3,(H,25,29)(H,26,30). The van der Waals surface area contributed by atoms with Crippen LogP contribution >= 0.6 is 0 Å². The Kier molecular flexibility index (Phi) is 5.53. The molecule has 2 aromatic carbocycles. The first-order valence-electron chi connectivity index (χ1n) is 9.73. The Morgan fingerprint density at radius 2 is 1.84 bits per heavy atom. The van der Waals surface area contributed by atoms with Gasteiger partial charge in [-0.1, -0.05) is 12.1 Å². The number of rotatable bonds is 5. The fourth-order valence-electron chi connectivity index (χ4n) is 3.40. The van der Waals surface area contributed by atoms with Crippen LogP contribution in [0.2, 0.25) is 0 Å². The van der Waals surface area contributed by atoms with Crippen LogP contribution in [0.25, 0.3) is 0 Å². The molecule has 0 aliphatic carbocycles. The summed E-state index contributed by atoms with van der Waals surface area (Å²) in [6, 6.07) is 14.4. The number of carbonyl (C=O) groups excluding carboxylic acids is 3. The number of amides is 3. The average molecular weight is 421 g/mol. The summed E-state index contributed by atoms with van der Waals surface area (Å²) in [5, 5.41) is 5.47. The molecule has 1 unspecified atom stereocenters. The summed E-state index contributed by atoms with van der Waals surface area (Å²) in [4.78, 5) is 38.6. The van der Waals surface area contributed by atoms with Crippen molar-refractivity contribution in [3.63, 3.8) is 0 Å². The first-order valence-corrected chi connectivity index (χ1v) is 9.73. The smallest absolute Gasteiger partial charge is 0.291 e. The average Bonchev–Trinajstić information content (AvgIpc) is 3.40. The number of nitrogens with zero attached hydrogens (tertiary/aromatic N) is 1. The van der Waals surface area contributed by atoms with Crippen molar-refractivity contribution in [3.8, 4) is 0 Å². The number of nitrogens with one attached hydrogen (secondary N) is 2. The monoisotopic (exact) mass is 421 g/mol. The quantitative estimate of drug-likeness (QED) is 0.652. The highest BCUT2D eigenvalue weighted by atomic mass is 19.1. The highest BCUT2D eigenvalue weighted by molar-refractivity contribution is 6.04. The third-order valence-corrected chi connectivity index (χ3v) is 5.10. The summed E-state index contributed by atoms with van der Waals surface area (Å²) in [5.74, 6) is -1.76. The zero-order valence-corrected chi connectivity index (χ0v) is 16.7. The van der Waals surface area contributed by atoms with Crippen molar-refractivity contribution >= 4 is 34.8 Å². The molecule has 158 valence electrons. The van der Waals surface area contributed by atoms with E-state index in [0.717, 1.165) is 0 Å². The fraction of sp³-hybridized carbons (Fsp3) is 0.174. The fourth-order valence-corrected chi connectivity index (χ4v) is 3.40. The van der Waals surface area contributed by atoms with Crippen molar-refractivity contribution in [2.45, 2.75) is 13.3 Å². The Balaban J connectivity index is 1.41. The van der Waals surface area contributed by atoms with Crippen molar-refractivity contribution in [2.75, 3.05) is 22.1 Å². The van der Waals surface area contributed by atoms with Gasteiger partial charge < -0.3 is 20.0 Å². The molecule has 1 aromatic heterocycles. The minimum absolute atomic E-state index is 0.0379. The van der Waals surface area contributed by atoms with E-state index >= 15 is 0 Å². The molecule has 2 N–H and O–H groups in total. The molecule has 3 aromatic rings.